The van der Waals surface area contributed by atoms with Crippen LogP contribution in [0.1, 0.15) is 19.2 Å². The summed E-state index contributed by atoms with van der Waals surface area (Å²) in [4.78, 5) is 14.1. The summed E-state index contributed by atoms with van der Waals surface area (Å²) in [5.41, 5.74) is 2.07. The molecule has 0 aliphatic heterocycles. The zero-order chi connectivity index (χ0) is 20.6. The minimum Gasteiger partial charge on any atom is -0.356 e. The number of sulfonamides is 1. The molecule has 1 aromatic carbocycles. The van der Waals surface area contributed by atoms with Crippen molar-refractivity contribution in [1.82, 2.24) is 24.5 Å². The van der Waals surface area contributed by atoms with E-state index in [1.165, 1.54) is 10.6 Å². The lowest BCUT2D eigenvalue weighted by Gasteiger charge is -2.22. The predicted molar refractivity (Wildman–Crippen MR) is 114 cm³/mol. The van der Waals surface area contributed by atoms with Gasteiger partial charge in [0.1, 0.15) is 5.82 Å². The lowest BCUT2D eigenvalue weighted by Crippen LogP contribution is -2.40. The van der Waals surface area contributed by atoms with E-state index in [9.17, 15) is 8.42 Å². The van der Waals surface area contributed by atoms with E-state index in [0.717, 1.165) is 23.0 Å². The molecule has 0 atom stereocenters. The quantitative estimate of drug-likeness (QED) is 0.376. The Kier molecular flexibility index (Phi) is 8.01. The average Bonchev–Trinajstić information content (AvgIpc) is 3.12. The summed E-state index contributed by atoms with van der Waals surface area (Å²) >= 11 is 0. The first-order chi connectivity index (χ1) is 13.3. The van der Waals surface area contributed by atoms with Gasteiger partial charge in [0, 0.05) is 33.7 Å². The molecule has 0 spiro atoms. The van der Waals surface area contributed by atoms with E-state index in [1.54, 1.807) is 7.05 Å². The Bertz CT molecular complexity index is 864. The first kappa shape index (κ1) is 21.9. The number of nitrogens with zero attached hydrogens (tertiary/aromatic N) is 4. The summed E-state index contributed by atoms with van der Waals surface area (Å²) in [6.07, 6.45) is 3.77. The van der Waals surface area contributed by atoms with Crippen molar-refractivity contribution in [3.05, 3.63) is 42.4 Å². The minimum atomic E-state index is -3.15. The van der Waals surface area contributed by atoms with E-state index in [2.05, 4.69) is 20.3 Å². The maximum atomic E-state index is 11.6. The molecule has 0 radical (unpaired) electrons. The molecule has 0 amide bonds. The molecule has 154 valence electrons. The highest BCUT2D eigenvalue weighted by atomic mass is 32.2. The maximum Gasteiger partial charge on any atom is 0.211 e. The lowest BCUT2D eigenvalue weighted by atomic mass is 10.2. The predicted octanol–water partition coefficient (Wildman–Crippen LogP) is 1.76. The van der Waals surface area contributed by atoms with Crippen LogP contribution in [0.25, 0.3) is 11.3 Å². The zero-order valence-electron chi connectivity index (χ0n) is 17.0. The third-order valence-corrected chi connectivity index (χ3v) is 5.74. The van der Waals surface area contributed by atoms with Crippen molar-refractivity contribution < 1.29 is 8.42 Å². The van der Waals surface area contributed by atoms with Gasteiger partial charge in [-0.2, -0.15) is 0 Å². The fourth-order valence-electron chi connectivity index (χ4n) is 2.91. The average molecular weight is 407 g/mol. The third-order valence-electron chi connectivity index (χ3n) is 4.36. The van der Waals surface area contributed by atoms with Crippen molar-refractivity contribution in [1.29, 1.82) is 0 Å². The minimum absolute atomic E-state index is 0.482. The molecule has 0 unspecified atom stereocenters. The fourth-order valence-corrected chi connectivity index (χ4v) is 3.84. The number of nitrogens with one attached hydrogen (secondary N) is 2. The van der Waals surface area contributed by atoms with Crippen LogP contribution in [-0.4, -0.2) is 73.5 Å². The van der Waals surface area contributed by atoms with Gasteiger partial charge in [-0.3, -0.25) is 4.99 Å². The monoisotopic (exact) mass is 406 g/mol. The Morgan fingerprint density at radius 2 is 2.00 bits per heavy atom. The van der Waals surface area contributed by atoms with E-state index in [4.69, 9.17) is 0 Å². The number of aromatic nitrogens is 2. The molecule has 0 aliphatic rings. The molecule has 28 heavy (non-hydrogen) atoms. The number of guanidine groups is 1. The summed E-state index contributed by atoms with van der Waals surface area (Å²) in [5, 5.41) is 3.27. The van der Waals surface area contributed by atoms with Crippen LogP contribution in [-0.2, 0) is 16.6 Å². The maximum absolute atomic E-state index is 11.6. The van der Waals surface area contributed by atoms with Crippen molar-refractivity contribution in [3.63, 3.8) is 0 Å². The van der Waals surface area contributed by atoms with Gasteiger partial charge in [-0.25, -0.2) is 17.7 Å². The Morgan fingerprint density at radius 3 is 2.61 bits per heavy atom. The molecule has 0 saturated heterocycles. The number of imidazole rings is 1. The first-order valence-electron chi connectivity index (χ1n) is 9.31. The number of hydrogen-bond donors (Lipinski definition) is 2. The van der Waals surface area contributed by atoms with Crippen LogP contribution in [0.15, 0.2) is 41.5 Å². The summed E-state index contributed by atoms with van der Waals surface area (Å²) in [7, 11) is 0.520. The van der Waals surface area contributed by atoms with Gasteiger partial charge < -0.3 is 15.2 Å². The second-order valence-electron chi connectivity index (χ2n) is 6.55. The molecule has 8 nitrogen and oxygen atoms in total. The second-order valence-corrected chi connectivity index (χ2v) is 8.53. The number of aliphatic imine (C=N–C) groups is 1. The lowest BCUT2D eigenvalue weighted by molar-refractivity contribution is 0.418. The van der Waals surface area contributed by atoms with E-state index >= 15 is 0 Å². The smallest absolute Gasteiger partial charge is 0.211 e. The van der Waals surface area contributed by atoms with E-state index < -0.39 is 10.0 Å². The summed E-state index contributed by atoms with van der Waals surface area (Å²) < 4.78 is 24.7. The summed E-state index contributed by atoms with van der Waals surface area (Å²) in [5.74, 6) is 1.58. The second kappa shape index (κ2) is 10.2. The van der Waals surface area contributed by atoms with Gasteiger partial charge in [0.05, 0.1) is 24.7 Å². The molecule has 9 heteroatoms. The summed E-state index contributed by atoms with van der Waals surface area (Å²) in [6.45, 7) is 4.03. The fraction of sp³-hybridized carbons (Fsp3) is 0.474. The zero-order valence-corrected chi connectivity index (χ0v) is 17.8. The number of rotatable bonds is 9. The highest BCUT2D eigenvalue weighted by Crippen LogP contribution is 2.16. The number of benzene rings is 1. The molecule has 2 rings (SSSR count). The molecule has 0 fully saturated rings. The Balaban J connectivity index is 1.85. The van der Waals surface area contributed by atoms with Crippen LogP contribution in [0.2, 0.25) is 0 Å². The Labute approximate surface area is 167 Å². The van der Waals surface area contributed by atoms with Gasteiger partial charge in [0.25, 0.3) is 0 Å². The van der Waals surface area contributed by atoms with E-state index in [0.29, 0.717) is 32.6 Å². The van der Waals surface area contributed by atoms with Crippen molar-refractivity contribution in [2.45, 2.75) is 19.9 Å². The van der Waals surface area contributed by atoms with Gasteiger partial charge >= 0.3 is 0 Å². The van der Waals surface area contributed by atoms with Gasteiger partial charge in [-0.05, 0) is 12.0 Å². The van der Waals surface area contributed by atoms with Crippen LogP contribution < -0.4 is 5.32 Å². The summed E-state index contributed by atoms with van der Waals surface area (Å²) in [6, 6.07) is 10.1. The van der Waals surface area contributed by atoms with Gasteiger partial charge in [0.2, 0.25) is 10.0 Å². The Morgan fingerprint density at radius 1 is 1.29 bits per heavy atom. The van der Waals surface area contributed by atoms with Gasteiger partial charge in [0.15, 0.2) is 5.96 Å². The van der Waals surface area contributed by atoms with Crippen LogP contribution in [0.5, 0.6) is 0 Å². The normalized spacial score (nSPS) is 12.4. The van der Waals surface area contributed by atoms with Crippen LogP contribution in [0.3, 0.4) is 0 Å². The van der Waals surface area contributed by atoms with E-state index in [1.807, 2.05) is 55.4 Å². The standard InChI is InChI=1S/C19H30N6O2S/c1-5-25(28(4,26)27)13-9-12-21-19(20-2)24(3)15-18-22-14-17(23-18)16-10-7-6-8-11-16/h6-8,10-11,14H,5,9,12-13,15H2,1-4H3,(H,20,21)(H,22,23). The molecule has 2 N–H and O–H groups in total. The van der Waals surface area contributed by atoms with Crippen LogP contribution in [0.4, 0.5) is 0 Å². The van der Waals surface area contributed by atoms with Crippen molar-refractivity contribution in [2.24, 2.45) is 4.99 Å². The van der Waals surface area contributed by atoms with Crippen LogP contribution in [0, 0.1) is 0 Å². The van der Waals surface area contributed by atoms with Crippen LogP contribution >= 0.6 is 0 Å². The first-order valence-corrected chi connectivity index (χ1v) is 11.2. The number of hydrogen-bond acceptors (Lipinski definition) is 4. The Hall–Kier alpha value is -2.39. The SMILES string of the molecule is CCN(CCCNC(=NC)N(C)Cc1ncc(-c2ccccc2)[nH]1)S(C)(=O)=O. The molecule has 0 aliphatic carbocycles. The largest absolute Gasteiger partial charge is 0.356 e. The van der Waals surface area contributed by atoms with Gasteiger partial charge in [-0.15, -0.1) is 0 Å². The van der Waals surface area contributed by atoms with E-state index in [-0.39, 0.29) is 0 Å². The number of aromatic amines is 1. The van der Waals surface area contributed by atoms with Gasteiger partial charge in [-0.1, -0.05) is 37.3 Å². The molecule has 0 bridgehead atoms. The topological polar surface area (TPSA) is 93.7 Å². The highest BCUT2D eigenvalue weighted by molar-refractivity contribution is 7.88. The molecule has 1 heterocycles. The molecular formula is C19H30N6O2S. The highest BCUT2D eigenvalue weighted by Gasteiger charge is 2.14. The molecule has 1 aromatic heterocycles. The van der Waals surface area contributed by atoms with Crippen molar-refractivity contribution in [2.75, 3.05) is 40.0 Å². The molecule has 0 saturated carbocycles. The molecule has 2 aromatic rings. The van der Waals surface area contributed by atoms with Crippen molar-refractivity contribution in [3.8, 4) is 11.3 Å². The third kappa shape index (κ3) is 6.35. The number of H-pyrrole nitrogens is 1. The molecular weight excluding hydrogens is 376 g/mol. The van der Waals surface area contributed by atoms with Crippen molar-refractivity contribution >= 4 is 16.0 Å².